The largest absolute Gasteiger partial charge is 0.329 e. The average molecular weight is 301 g/mol. The molecule has 0 fully saturated rings. The van der Waals surface area contributed by atoms with Crippen molar-refractivity contribution in [1.29, 1.82) is 0 Å². The van der Waals surface area contributed by atoms with Crippen molar-refractivity contribution in [1.82, 2.24) is 4.90 Å². The molecule has 0 bridgehead atoms. The normalized spacial score (nSPS) is 13.2. The van der Waals surface area contributed by atoms with E-state index in [0.717, 1.165) is 31.5 Å². The first kappa shape index (κ1) is 17.4. The van der Waals surface area contributed by atoms with Crippen LogP contribution in [0.4, 0.5) is 4.39 Å². The summed E-state index contributed by atoms with van der Waals surface area (Å²) in [4.78, 5) is 2.33. The first-order chi connectivity index (χ1) is 9.57. The van der Waals surface area contributed by atoms with Gasteiger partial charge < -0.3 is 5.73 Å². The molecular weight excluding hydrogens is 275 g/mol. The predicted molar refractivity (Wildman–Crippen MR) is 84.5 cm³/mol. The number of nitrogens with zero attached hydrogens (tertiary/aromatic N) is 1. The Morgan fingerprint density at radius 2 is 1.90 bits per heavy atom. The zero-order valence-electron chi connectivity index (χ0n) is 12.7. The highest BCUT2D eigenvalue weighted by molar-refractivity contribution is 6.30. The van der Waals surface area contributed by atoms with E-state index in [1.165, 1.54) is 6.07 Å². The first-order valence-corrected chi connectivity index (χ1v) is 7.84. The van der Waals surface area contributed by atoms with Gasteiger partial charge in [0.05, 0.1) is 5.02 Å². The maximum absolute atomic E-state index is 13.6. The van der Waals surface area contributed by atoms with Gasteiger partial charge in [0.25, 0.3) is 0 Å². The van der Waals surface area contributed by atoms with Crippen molar-refractivity contribution in [2.75, 3.05) is 19.6 Å². The molecule has 0 aliphatic rings. The molecule has 1 aromatic carbocycles. The summed E-state index contributed by atoms with van der Waals surface area (Å²) >= 11 is 5.75. The zero-order chi connectivity index (χ0) is 15.1. The molecule has 1 atom stereocenters. The van der Waals surface area contributed by atoms with E-state index in [1.54, 1.807) is 6.07 Å². The lowest BCUT2D eigenvalue weighted by atomic mass is 9.99. The highest BCUT2D eigenvalue weighted by atomic mass is 35.5. The van der Waals surface area contributed by atoms with E-state index < -0.39 is 0 Å². The third-order valence-electron chi connectivity index (χ3n) is 4.05. The van der Waals surface area contributed by atoms with Gasteiger partial charge >= 0.3 is 0 Å². The van der Waals surface area contributed by atoms with Gasteiger partial charge in [0.1, 0.15) is 5.82 Å². The van der Waals surface area contributed by atoms with E-state index in [1.807, 2.05) is 6.07 Å². The lowest BCUT2D eigenvalue weighted by molar-refractivity contribution is 0.174. The molecular formula is C16H26ClFN2. The Morgan fingerprint density at radius 1 is 1.25 bits per heavy atom. The summed E-state index contributed by atoms with van der Waals surface area (Å²) in [6.45, 7) is 8.92. The standard InChI is InChI=1S/C16H26ClFN2/c1-4-12(5-2)11-20(6-3)16(10-19)13-7-8-14(17)15(18)9-13/h7-9,12,16H,4-6,10-11,19H2,1-3H3. The summed E-state index contributed by atoms with van der Waals surface area (Å²) in [5.41, 5.74) is 6.84. The lowest BCUT2D eigenvalue weighted by Gasteiger charge is -2.33. The minimum absolute atomic E-state index is 0.0485. The van der Waals surface area contributed by atoms with E-state index in [-0.39, 0.29) is 16.9 Å². The molecule has 2 N–H and O–H groups in total. The van der Waals surface area contributed by atoms with Crippen LogP contribution in [0.3, 0.4) is 0 Å². The van der Waals surface area contributed by atoms with Crippen LogP contribution in [0.15, 0.2) is 18.2 Å². The number of nitrogens with two attached hydrogens (primary N) is 1. The van der Waals surface area contributed by atoms with Gasteiger partial charge in [-0.1, -0.05) is 51.3 Å². The quantitative estimate of drug-likeness (QED) is 0.778. The fourth-order valence-corrected chi connectivity index (χ4v) is 2.69. The number of hydrogen-bond acceptors (Lipinski definition) is 2. The summed E-state index contributed by atoms with van der Waals surface area (Å²) in [5.74, 6) is 0.280. The number of halogens is 2. The van der Waals surface area contributed by atoms with Crippen LogP contribution in [0.5, 0.6) is 0 Å². The second kappa shape index (κ2) is 8.60. The highest BCUT2D eigenvalue weighted by Gasteiger charge is 2.21. The second-order valence-corrected chi connectivity index (χ2v) is 5.60. The molecule has 0 aromatic heterocycles. The summed E-state index contributed by atoms with van der Waals surface area (Å²) in [6.07, 6.45) is 2.30. The van der Waals surface area contributed by atoms with Crippen molar-refractivity contribution in [2.24, 2.45) is 11.7 Å². The Hall–Kier alpha value is -0.640. The van der Waals surface area contributed by atoms with Crippen molar-refractivity contribution < 1.29 is 4.39 Å². The number of rotatable bonds is 8. The Bertz CT molecular complexity index is 407. The Morgan fingerprint density at radius 3 is 2.35 bits per heavy atom. The third-order valence-corrected chi connectivity index (χ3v) is 4.35. The molecule has 0 aliphatic heterocycles. The minimum atomic E-state index is -0.374. The average Bonchev–Trinajstić information content (AvgIpc) is 2.46. The molecule has 1 unspecified atom stereocenters. The van der Waals surface area contributed by atoms with Gasteiger partial charge in [0.15, 0.2) is 0 Å². The van der Waals surface area contributed by atoms with Crippen LogP contribution in [-0.2, 0) is 0 Å². The maximum atomic E-state index is 13.6. The van der Waals surface area contributed by atoms with Crippen LogP contribution in [-0.4, -0.2) is 24.5 Å². The van der Waals surface area contributed by atoms with E-state index in [2.05, 4.69) is 25.7 Å². The number of likely N-dealkylation sites (N-methyl/N-ethyl adjacent to an activating group) is 1. The molecule has 4 heteroatoms. The first-order valence-electron chi connectivity index (χ1n) is 7.46. The number of hydrogen-bond donors (Lipinski definition) is 1. The molecule has 1 aromatic rings. The molecule has 0 saturated heterocycles. The topological polar surface area (TPSA) is 29.3 Å². The summed E-state index contributed by atoms with van der Waals surface area (Å²) in [5, 5.41) is 0.160. The van der Waals surface area contributed by atoms with Crippen LogP contribution in [0.1, 0.15) is 45.2 Å². The predicted octanol–water partition coefficient (Wildman–Crippen LogP) is 4.24. The molecule has 114 valence electrons. The smallest absolute Gasteiger partial charge is 0.142 e. The van der Waals surface area contributed by atoms with Gasteiger partial charge in [-0.05, 0) is 30.2 Å². The Labute approximate surface area is 127 Å². The number of benzene rings is 1. The van der Waals surface area contributed by atoms with E-state index in [9.17, 15) is 4.39 Å². The zero-order valence-corrected chi connectivity index (χ0v) is 13.5. The summed E-state index contributed by atoms with van der Waals surface area (Å²) in [6, 6.07) is 5.04. The fourth-order valence-electron chi connectivity index (χ4n) is 2.57. The van der Waals surface area contributed by atoms with Crippen LogP contribution in [0.25, 0.3) is 0 Å². The minimum Gasteiger partial charge on any atom is -0.329 e. The van der Waals surface area contributed by atoms with Gasteiger partial charge in [-0.3, -0.25) is 4.90 Å². The van der Waals surface area contributed by atoms with Crippen molar-refractivity contribution >= 4 is 11.6 Å². The maximum Gasteiger partial charge on any atom is 0.142 e. The van der Waals surface area contributed by atoms with Crippen molar-refractivity contribution in [3.63, 3.8) is 0 Å². The Kier molecular flexibility index (Phi) is 7.49. The van der Waals surface area contributed by atoms with Gasteiger partial charge in [0.2, 0.25) is 0 Å². The molecule has 0 radical (unpaired) electrons. The van der Waals surface area contributed by atoms with Gasteiger partial charge in [-0.25, -0.2) is 4.39 Å². The van der Waals surface area contributed by atoms with Crippen molar-refractivity contribution in [3.05, 3.63) is 34.6 Å². The van der Waals surface area contributed by atoms with Crippen LogP contribution < -0.4 is 5.73 Å². The molecule has 1 rings (SSSR count). The third kappa shape index (κ3) is 4.44. The summed E-state index contributed by atoms with van der Waals surface area (Å²) < 4.78 is 13.6. The molecule has 2 nitrogen and oxygen atoms in total. The van der Waals surface area contributed by atoms with Crippen LogP contribution in [0.2, 0.25) is 5.02 Å². The van der Waals surface area contributed by atoms with Crippen molar-refractivity contribution in [3.8, 4) is 0 Å². The molecule has 0 saturated carbocycles. The molecule has 0 aliphatic carbocycles. The molecule has 20 heavy (non-hydrogen) atoms. The summed E-state index contributed by atoms with van der Waals surface area (Å²) in [7, 11) is 0. The monoisotopic (exact) mass is 300 g/mol. The van der Waals surface area contributed by atoms with E-state index >= 15 is 0 Å². The molecule has 0 heterocycles. The van der Waals surface area contributed by atoms with E-state index in [4.69, 9.17) is 17.3 Å². The highest BCUT2D eigenvalue weighted by Crippen LogP contribution is 2.25. The Balaban J connectivity index is 2.93. The van der Waals surface area contributed by atoms with Crippen LogP contribution >= 0.6 is 11.6 Å². The van der Waals surface area contributed by atoms with Gasteiger partial charge in [0, 0.05) is 19.1 Å². The molecule has 0 spiro atoms. The lowest BCUT2D eigenvalue weighted by Crippen LogP contribution is -2.37. The SMILES string of the molecule is CCC(CC)CN(CC)C(CN)c1ccc(Cl)c(F)c1. The van der Waals surface area contributed by atoms with Crippen molar-refractivity contribution in [2.45, 2.75) is 39.7 Å². The van der Waals surface area contributed by atoms with Gasteiger partial charge in [-0.2, -0.15) is 0 Å². The second-order valence-electron chi connectivity index (χ2n) is 5.20. The van der Waals surface area contributed by atoms with Crippen LogP contribution in [0, 0.1) is 11.7 Å². The van der Waals surface area contributed by atoms with E-state index in [0.29, 0.717) is 12.5 Å². The molecule has 0 amide bonds. The fraction of sp³-hybridized carbons (Fsp3) is 0.625. The van der Waals surface area contributed by atoms with Gasteiger partial charge in [-0.15, -0.1) is 0 Å².